The fourth-order valence-electron chi connectivity index (χ4n) is 2.16. The highest BCUT2D eigenvalue weighted by molar-refractivity contribution is 8.00. The molecule has 2 nitrogen and oxygen atoms in total. The lowest BCUT2D eigenvalue weighted by atomic mass is 10.0. The summed E-state index contributed by atoms with van der Waals surface area (Å²) in [5, 5.41) is 7.35. The summed E-state index contributed by atoms with van der Waals surface area (Å²) in [6, 6.07) is 1.47. The highest BCUT2D eigenvalue weighted by Gasteiger charge is 2.40. The van der Waals surface area contributed by atoms with Gasteiger partial charge >= 0.3 is 0 Å². The number of hydrogen-bond donors (Lipinski definition) is 2. The SMILES string of the molecule is CCC1CSC2(CCC(C)NC2)N1. The summed E-state index contributed by atoms with van der Waals surface area (Å²) in [4.78, 5) is 0.382. The molecule has 3 unspecified atom stereocenters. The summed E-state index contributed by atoms with van der Waals surface area (Å²) in [6.07, 6.45) is 3.92. The van der Waals surface area contributed by atoms with E-state index in [0.717, 1.165) is 12.6 Å². The van der Waals surface area contributed by atoms with Crippen molar-refractivity contribution in [3.05, 3.63) is 0 Å². The predicted octanol–water partition coefficient (Wildman–Crippen LogP) is 1.57. The van der Waals surface area contributed by atoms with Gasteiger partial charge in [0.1, 0.15) is 0 Å². The van der Waals surface area contributed by atoms with Crippen LogP contribution in [0.4, 0.5) is 0 Å². The zero-order valence-corrected chi connectivity index (χ0v) is 9.41. The number of nitrogens with one attached hydrogen (secondary N) is 2. The first-order chi connectivity index (χ1) is 6.24. The first-order valence-corrected chi connectivity index (χ1v) is 6.38. The molecular weight excluding hydrogens is 180 g/mol. The van der Waals surface area contributed by atoms with Crippen molar-refractivity contribution in [1.29, 1.82) is 0 Å². The van der Waals surface area contributed by atoms with E-state index < -0.39 is 0 Å². The van der Waals surface area contributed by atoms with Gasteiger partial charge in [0.05, 0.1) is 4.87 Å². The van der Waals surface area contributed by atoms with Crippen LogP contribution in [-0.4, -0.2) is 29.3 Å². The third-order valence-corrected chi connectivity index (χ3v) is 4.83. The van der Waals surface area contributed by atoms with E-state index in [1.54, 1.807) is 0 Å². The fraction of sp³-hybridized carbons (Fsp3) is 1.00. The number of piperidine rings is 1. The van der Waals surface area contributed by atoms with Crippen molar-refractivity contribution in [3.8, 4) is 0 Å². The molecule has 0 aromatic rings. The first-order valence-electron chi connectivity index (χ1n) is 5.39. The van der Waals surface area contributed by atoms with Gasteiger partial charge in [-0.1, -0.05) is 6.92 Å². The predicted molar refractivity (Wildman–Crippen MR) is 59.1 cm³/mol. The fourth-order valence-corrected chi connectivity index (χ4v) is 3.70. The Morgan fingerprint density at radius 1 is 1.54 bits per heavy atom. The van der Waals surface area contributed by atoms with Crippen LogP contribution in [0.3, 0.4) is 0 Å². The number of rotatable bonds is 1. The lowest BCUT2D eigenvalue weighted by molar-refractivity contribution is 0.303. The van der Waals surface area contributed by atoms with Crippen LogP contribution in [0.5, 0.6) is 0 Å². The molecule has 0 aromatic carbocycles. The Kier molecular flexibility index (Phi) is 2.86. The minimum Gasteiger partial charge on any atom is -0.312 e. The maximum Gasteiger partial charge on any atom is 0.0774 e. The van der Waals surface area contributed by atoms with Crippen LogP contribution in [-0.2, 0) is 0 Å². The van der Waals surface area contributed by atoms with Crippen molar-refractivity contribution in [3.63, 3.8) is 0 Å². The van der Waals surface area contributed by atoms with Gasteiger partial charge in [0, 0.05) is 24.4 Å². The van der Waals surface area contributed by atoms with Crippen LogP contribution >= 0.6 is 11.8 Å². The molecule has 2 fully saturated rings. The summed E-state index contributed by atoms with van der Waals surface area (Å²) in [7, 11) is 0. The van der Waals surface area contributed by atoms with Crippen molar-refractivity contribution in [2.45, 2.75) is 50.1 Å². The third kappa shape index (κ3) is 2.03. The van der Waals surface area contributed by atoms with E-state index in [0.29, 0.717) is 10.9 Å². The summed E-state index contributed by atoms with van der Waals surface area (Å²) >= 11 is 2.13. The molecule has 2 N–H and O–H groups in total. The van der Waals surface area contributed by atoms with Gasteiger partial charge < -0.3 is 5.32 Å². The van der Waals surface area contributed by atoms with Gasteiger partial charge in [-0.05, 0) is 26.2 Å². The highest BCUT2D eigenvalue weighted by atomic mass is 32.2. The van der Waals surface area contributed by atoms with Crippen molar-refractivity contribution < 1.29 is 0 Å². The molecule has 76 valence electrons. The molecule has 2 saturated heterocycles. The zero-order chi connectivity index (χ0) is 9.31. The van der Waals surface area contributed by atoms with Gasteiger partial charge in [-0.25, -0.2) is 0 Å². The minimum absolute atomic E-state index is 0.382. The summed E-state index contributed by atoms with van der Waals surface area (Å²) in [5.74, 6) is 1.30. The average molecular weight is 200 g/mol. The lowest BCUT2D eigenvalue weighted by Crippen LogP contribution is -2.54. The largest absolute Gasteiger partial charge is 0.312 e. The Morgan fingerprint density at radius 2 is 2.38 bits per heavy atom. The Balaban J connectivity index is 1.92. The molecule has 0 radical (unpaired) electrons. The summed E-state index contributed by atoms with van der Waals surface area (Å²) < 4.78 is 0. The molecule has 0 bridgehead atoms. The van der Waals surface area contributed by atoms with Gasteiger partial charge in [0.15, 0.2) is 0 Å². The second-order valence-electron chi connectivity index (χ2n) is 4.38. The summed E-state index contributed by atoms with van der Waals surface area (Å²) in [6.45, 7) is 5.70. The third-order valence-electron chi connectivity index (χ3n) is 3.24. The van der Waals surface area contributed by atoms with E-state index in [9.17, 15) is 0 Å². The van der Waals surface area contributed by atoms with Gasteiger partial charge in [0.2, 0.25) is 0 Å². The zero-order valence-electron chi connectivity index (χ0n) is 8.60. The average Bonchev–Trinajstić information content (AvgIpc) is 2.55. The lowest BCUT2D eigenvalue weighted by Gasteiger charge is -2.37. The number of thioether (sulfide) groups is 1. The van der Waals surface area contributed by atoms with Crippen molar-refractivity contribution in [2.24, 2.45) is 0 Å². The number of hydrogen-bond acceptors (Lipinski definition) is 3. The maximum absolute atomic E-state index is 3.78. The smallest absolute Gasteiger partial charge is 0.0774 e. The molecule has 2 rings (SSSR count). The highest BCUT2D eigenvalue weighted by Crippen LogP contribution is 2.37. The second-order valence-corrected chi connectivity index (χ2v) is 5.78. The van der Waals surface area contributed by atoms with Gasteiger partial charge in [-0.15, -0.1) is 11.8 Å². The van der Waals surface area contributed by atoms with Gasteiger partial charge in [-0.2, -0.15) is 0 Å². The van der Waals surface area contributed by atoms with Crippen LogP contribution in [0.25, 0.3) is 0 Å². The molecule has 3 heteroatoms. The summed E-state index contributed by atoms with van der Waals surface area (Å²) in [5.41, 5.74) is 0. The standard InChI is InChI=1S/C10H20N2S/c1-3-9-6-13-10(12-9)5-4-8(2)11-7-10/h8-9,11-12H,3-7H2,1-2H3. The monoisotopic (exact) mass is 200 g/mol. The second kappa shape index (κ2) is 3.79. The van der Waals surface area contributed by atoms with Gasteiger partial charge in [-0.3, -0.25) is 5.32 Å². The Morgan fingerprint density at radius 3 is 2.92 bits per heavy atom. The molecule has 0 aliphatic carbocycles. The van der Waals surface area contributed by atoms with Crippen LogP contribution in [0.15, 0.2) is 0 Å². The molecule has 2 heterocycles. The molecular formula is C10H20N2S. The Hall–Kier alpha value is 0.270. The van der Waals surface area contributed by atoms with E-state index in [2.05, 4.69) is 36.2 Å². The molecule has 0 saturated carbocycles. The van der Waals surface area contributed by atoms with Crippen molar-refractivity contribution in [1.82, 2.24) is 10.6 Å². The molecule has 13 heavy (non-hydrogen) atoms. The van der Waals surface area contributed by atoms with Crippen molar-refractivity contribution in [2.75, 3.05) is 12.3 Å². The molecule has 2 aliphatic rings. The van der Waals surface area contributed by atoms with Crippen LogP contribution < -0.4 is 10.6 Å². The molecule has 1 spiro atoms. The maximum atomic E-state index is 3.78. The molecule has 2 aliphatic heterocycles. The Labute approximate surface area is 85.2 Å². The van der Waals surface area contributed by atoms with E-state index in [1.165, 1.54) is 25.0 Å². The van der Waals surface area contributed by atoms with Crippen LogP contribution in [0, 0.1) is 0 Å². The van der Waals surface area contributed by atoms with E-state index in [4.69, 9.17) is 0 Å². The first kappa shape index (κ1) is 9.81. The Bertz CT molecular complexity index is 176. The molecule has 0 aromatic heterocycles. The van der Waals surface area contributed by atoms with Crippen molar-refractivity contribution >= 4 is 11.8 Å². The normalized spacial score (nSPS) is 45.7. The minimum atomic E-state index is 0.382. The topological polar surface area (TPSA) is 24.1 Å². The van der Waals surface area contributed by atoms with E-state index in [1.807, 2.05) is 0 Å². The molecule has 3 atom stereocenters. The van der Waals surface area contributed by atoms with Crippen LogP contribution in [0.1, 0.15) is 33.1 Å². The quantitative estimate of drug-likeness (QED) is 0.672. The van der Waals surface area contributed by atoms with E-state index in [-0.39, 0.29) is 0 Å². The molecule has 0 amide bonds. The van der Waals surface area contributed by atoms with Gasteiger partial charge in [0.25, 0.3) is 0 Å². The van der Waals surface area contributed by atoms with E-state index >= 15 is 0 Å². The van der Waals surface area contributed by atoms with Crippen LogP contribution in [0.2, 0.25) is 0 Å².